The van der Waals surface area contributed by atoms with Crippen LogP contribution >= 0.6 is 11.6 Å². The van der Waals surface area contributed by atoms with Crippen molar-refractivity contribution in [2.24, 2.45) is 0 Å². The molecule has 0 aromatic heterocycles. The zero-order chi connectivity index (χ0) is 20.8. The van der Waals surface area contributed by atoms with Gasteiger partial charge in [-0.15, -0.1) is 0 Å². The highest BCUT2D eigenvalue weighted by Gasteiger charge is 2.11. The Labute approximate surface area is 171 Å². The lowest BCUT2D eigenvalue weighted by Gasteiger charge is -2.05. The van der Waals surface area contributed by atoms with Gasteiger partial charge in [-0.2, -0.15) is 5.26 Å². The number of non-ortho nitro benzene ring substituents is 1. The van der Waals surface area contributed by atoms with Crippen LogP contribution in [0.2, 0.25) is 5.02 Å². The highest BCUT2D eigenvalue weighted by Crippen LogP contribution is 2.22. The van der Waals surface area contributed by atoms with Crippen molar-refractivity contribution in [3.63, 3.8) is 0 Å². The zero-order valence-electron chi connectivity index (χ0n) is 14.9. The standard InChI is InChI=1S/C22H13ClN2O4/c23-19-3-1-2-17(13-19)18(14-24)12-15-4-10-21(11-5-15)29-22(26)16-6-8-20(9-7-16)25(27)28/h1-13H/b18-12-. The van der Waals surface area contributed by atoms with Gasteiger partial charge in [-0.1, -0.05) is 35.9 Å². The highest BCUT2D eigenvalue weighted by molar-refractivity contribution is 6.30. The molecule has 0 unspecified atom stereocenters. The predicted molar refractivity (Wildman–Crippen MR) is 109 cm³/mol. The molecule has 3 aromatic rings. The number of halogens is 1. The fourth-order valence-corrected chi connectivity index (χ4v) is 2.71. The summed E-state index contributed by atoms with van der Waals surface area (Å²) in [6, 6.07) is 20.9. The van der Waals surface area contributed by atoms with Crippen LogP contribution in [-0.2, 0) is 0 Å². The van der Waals surface area contributed by atoms with Crippen LogP contribution in [0.3, 0.4) is 0 Å². The van der Waals surface area contributed by atoms with E-state index >= 15 is 0 Å². The topological polar surface area (TPSA) is 93.2 Å². The van der Waals surface area contributed by atoms with E-state index in [0.29, 0.717) is 21.9 Å². The van der Waals surface area contributed by atoms with E-state index < -0.39 is 10.9 Å². The average Bonchev–Trinajstić information content (AvgIpc) is 2.73. The summed E-state index contributed by atoms with van der Waals surface area (Å²) in [6.07, 6.45) is 1.70. The Balaban J connectivity index is 1.73. The maximum Gasteiger partial charge on any atom is 0.343 e. The Morgan fingerprint density at radius 3 is 2.31 bits per heavy atom. The van der Waals surface area contributed by atoms with E-state index in [-0.39, 0.29) is 11.3 Å². The molecule has 0 atom stereocenters. The minimum absolute atomic E-state index is 0.106. The smallest absolute Gasteiger partial charge is 0.343 e. The van der Waals surface area contributed by atoms with Crippen molar-refractivity contribution in [3.05, 3.63) is 105 Å². The van der Waals surface area contributed by atoms with Crippen molar-refractivity contribution >= 4 is 34.9 Å². The van der Waals surface area contributed by atoms with E-state index in [9.17, 15) is 20.2 Å². The lowest BCUT2D eigenvalue weighted by Crippen LogP contribution is -2.08. The maximum atomic E-state index is 12.2. The van der Waals surface area contributed by atoms with E-state index in [4.69, 9.17) is 16.3 Å². The number of nitro benzene ring substituents is 1. The summed E-state index contributed by atoms with van der Waals surface area (Å²) >= 11 is 5.97. The number of rotatable bonds is 5. The van der Waals surface area contributed by atoms with E-state index in [1.54, 1.807) is 54.6 Å². The Morgan fingerprint density at radius 2 is 1.72 bits per heavy atom. The van der Waals surface area contributed by atoms with Crippen LogP contribution in [0, 0.1) is 21.4 Å². The molecule has 29 heavy (non-hydrogen) atoms. The van der Waals surface area contributed by atoms with Crippen LogP contribution in [-0.4, -0.2) is 10.9 Å². The Bertz CT molecular complexity index is 1130. The molecular weight excluding hydrogens is 392 g/mol. The quantitative estimate of drug-likeness (QED) is 0.139. The van der Waals surface area contributed by atoms with Gasteiger partial charge in [-0.25, -0.2) is 4.79 Å². The molecule has 0 aliphatic carbocycles. The van der Waals surface area contributed by atoms with Crippen molar-refractivity contribution in [2.45, 2.75) is 0 Å². The summed E-state index contributed by atoms with van der Waals surface area (Å²) in [6.45, 7) is 0. The molecule has 0 N–H and O–H groups in total. The van der Waals surface area contributed by atoms with Gasteiger partial charge in [0.2, 0.25) is 0 Å². The van der Waals surface area contributed by atoms with Crippen molar-refractivity contribution in [3.8, 4) is 11.8 Å². The largest absolute Gasteiger partial charge is 0.423 e. The number of nitro groups is 1. The van der Waals surface area contributed by atoms with Crippen molar-refractivity contribution in [2.75, 3.05) is 0 Å². The van der Waals surface area contributed by atoms with Crippen LogP contribution in [0.25, 0.3) is 11.6 Å². The minimum Gasteiger partial charge on any atom is -0.423 e. The first kappa shape index (κ1) is 19.8. The average molecular weight is 405 g/mol. The number of carbonyl (C=O) groups is 1. The molecule has 0 spiro atoms. The van der Waals surface area contributed by atoms with Gasteiger partial charge in [0.1, 0.15) is 5.75 Å². The van der Waals surface area contributed by atoms with E-state index in [1.165, 1.54) is 24.3 Å². The summed E-state index contributed by atoms with van der Waals surface area (Å²) in [4.78, 5) is 22.3. The minimum atomic E-state index is -0.625. The molecule has 0 fully saturated rings. The maximum absolute atomic E-state index is 12.2. The third-order valence-electron chi connectivity index (χ3n) is 3.97. The van der Waals surface area contributed by atoms with Crippen LogP contribution in [0.5, 0.6) is 5.75 Å². The Morgan fingerprint density at radius 1 is 1.03 bits per heavy atom. The SMILES string of the molecule is N#C/C(=C/c1ccc(OC(=O)c2ccc([N+](=O)[O-])cc2)cc1)c1cccc(Cl)c1. The number of allylic oxidation sites excluding steroid dienone is 1. The van der Waals surface area contributed by atoms with Gasteiger partial charge in [-0.3, -0.25) is 10.1 Å². The normalized spacial score (nSPS) is 10.8. The summed E-state index contributed by atoms with van der Waals surface area (Å²) < 4.78 is 5.28. The lowest BCUT2D eigenvalue weighted by molar-refractivity contribution is -0.384. The number of nitriles is 1. The van der Waals surface area contributed by atoms with Crippen molar-refractivity contribution < 1.29 is 14.5 Å². The summed E-state index contributed by atoms with van der Waals surface area (Å²) in [5, 5.41) is 20.6. The van der Waals surface area contributed by atoms with Gasteiger partial charge >= 0.3 is 5.97 Å². The first-order valence-electron chi connectivity index (χ1n) is 8.41. The molecule has 3 rings (SSSR count). The lowest BCUT2D eigenvalue weighted by atomic mass is 10.0. The number of esters is 1. The van der Waals surface area contributed by atoms with Gasteiger partial charge in [-0.05, 0) is 53.6 Å². The number of ether oxygens (including phenoxy) is 1. The van der Waals surface area contributed by atoms with E-state index in [1.807, 2.05) is 0 Å². The summed E-state index contributed by atoms with van der Waals surface area (Å²) in [5.41, 5.74) is 1.99. The number of carbonyl (C=O) groups excluding carboxylic acids is 1. The molecular formula is C22H13ClN2O4. The number of benzene rings is 3. The Hall–Kier alpha value is -3.95. The fourth-order valence-electron chi connectivity index (χ4n) is 2.52. The molecule has 0 radical (unpaired) electrons. The van der Waals surface area contributed by atoms with Gasteiger partial charge in [0.05, 0.1) is 22.1 Å². The van der Waals surface area contributed by atoms with E-state index in [2.05, 4.69) is 6.07 Å². The monoisotopic (exact) mass is 404 g/mol. The van der Waals surface area contributed by atoms with Gasteiger partial charge < -0.3 is 4.74 Å². The third kappa shape index (κ3) is 5.06. The van der Waals surface area contributed by atoms with Crippen molar-refractivity contribution in [1.29, 1.82) is 5.26 Å². The molecule has 3 aromatic carbocycles. The number of hydrogen-bond acceptors (Lipinski definition) is 5. The zero-order valence-corrected chi connectivity index (χ0v) is 15.7. The van der Waals surface area contributed by atoms with Gasteiger partial charge in [0.25, 0.3) is 5.69 Å². The molecule has 0 aliphatic heterocycles. The summed E-state index contributed by atoms with van der Waals surface area (Å²) in [5.74, 6) is -0.313. The molecule has 6 nitrogen and oxygen atoms in total. The Kier molecular flexibility index (Phi) is 6.03. The first-order chi connectivity index (χ1) is 14.0. The van der Waals surface area contributed by atoms with Crippen LogP contribution in [0.4, 0.5) is 5.69 Å². The third-order valence-corrected chi connectivity index (χ3v) is 4.21. The second kappa shape index (κ2) is 8.83. The van der Waals surface area contributed by atoms with Gasteiger partial charge in [0, 0.05) is 17.2 Å². The van der Waals surface area contributed by atoms with Crippen LogP contribution in [0.15, 0.2) is 72.8 Å². The molecule has 142 valence electrons. The van der Waals surface area contributed by atoms with E-state index in [0.717, 1.165) is 5.56 Å². The molecule has 0 heterocycles. The van der Waals surface area contributed by atoms with Crippen molar-refractivity contribution in [1.82, 2.24) is 0 Å². The van der Waals surface area contributed by atoms with Crippen LogP contribution in [0.1, 0.15) is 21.5 Å². The van der Waals surface area contributed by atoms with Gasteiger partial charge in [0.15, 0.2) is 0 Å². The molecule has 0 saturated heterocycles. The summed E-state index contributed by atoms with van der Waals surface area (Å²) in [7, 11) is 0. The van der Waals surface area contributed by atoms with Crippen LogP contribution < -0.4 is 4.74 Å². The predicted octanol–water partition coefficient (Wildman–Crippen LogP) is 5.53. The molecule has 0 saturated carbocycles. The number of nitrogens with zero attached hydrogens (tertiary/aromatic N) is 2. The molecule has 0 amide bonds. The number of hydrogen-bond donors (Lipinski definition) is 0. The first-order valence-corrected chi connectivity index (χ1v) is 8.78. The second-order valence-corrected chi connectivity index (χ2v) is 6.38. The highest BCUT2D eigenvalue weighted by atomic mass is 35.5. The molecule has 0 bridgehead atoms. The second-order valence-electron chi connectivity index (χ2n) is 5.94. The molecule has 0 aliphatic rings. The molecule has 7 heteroatoms. The fraction of sp³-hybridized carbons (Fsp3) is 0.